The summed E-state index contributed by atoms with van der Waals surface area (Å²) in [5, 5.41) is 41.4. The number of hydrogen-bond acceptors (Lipinski definition) is 8. The summed E-state index contributed by atoms with van der Waals surface area (Å²) in [6.45, 7) is 0.631. The van der Waals surface area contributed by atoms with Crippen molar-refractivity contribution in [3.63, 3.8) is 0 Å². The van der Waals surface area contributed by atoms with E-state index in [1.807, 2.05) is 0 Å². The molecular weight excluding hydrogens is 321 g/mol. The van der Waals surface area contributed by atoms with Gasteiger partial charge < -0.3 is 39.7 Å². The van der Waals surface area contributed by atoms with Crippen molar-refractivity contribution in [2.45, 2.75) is 37.6 Å². The van der Waals surface area contributed by atoms with Crippen molar-refractivity contribution >= 4 is 13.2 Å². The van der Waals surface area contributed by atoms with E-state index in [4.69, 9.17) is 14.0 Å². The largest absolute Gasteiger partial charge is 0.712 e. The van der Waals surface area contributed by atoms with Gasteiger partial charge in [-0.25, -0.2) is 0 Å². The Morgan fingerprint density at radius 3 is 2.54 bits per heavy atom. The summed E-state index contributed by atoms with van der Waals surface area (Å²) in [4.78, 5) is 11.3. The van der Waals surface area contributed by atoms with Gasteiger partial charge in [0.05, 0.1) is 6.61 Å². The summed E-state index contributed by atoms with van der Waals surface area (Å²) >= 11 is 0. The van der Waals surface area contributed by atoms with Crippen LogP contribution in [0.25, 0.3) is 0 Å². The maximum Gasteiger partial charge on any atom is 0.712 e. The van der Waals surface area contributed by atoms with Gasteiger partial charge in [0, 0.05) is 6.92 Å². The van der Waals surface area contributed by atoms with E-state index >= 15 is 0 Å². The molecule has 0 radical (unpaired) electrons. The zero-order chi connectivity index (χ0) is 17.7. The van der Waals surface area contributed by atoms with Crippen LogP contribution in [0.5, 0.6) is 5.75 Å². The van der Waals surface area contributed by atoms with Gasteiger partial charge in [0.1, 0.15) is 30.1 Å². The Kier molecular flexibility index (Phi) is 6.55. The lowest BCUT2D eigenvalue weighted by molar-refractivity contribution is -0.251. The molecule has 1 fully saturated rings. The lowest BCUT2D eigenvalue weighted by atomic mass is 9.96. The van der Waals surface area contributed by atoms with Crippen LogP contribution < -0.4 is 9.97 Å². The molecule has 1 aliphatic heterocycles. The van der Waals surface area contributed by atoms with E-state index in [2.05, 4.69) is 5.32 Å². The lowest BCUT2D eigenvalue weighted by Crippen LogP contribution is -2.65. The van der Waals surface area contributed by atoms with Crippen LogP contribution in [0.2, 0.25) is 0 Å². The van der Waals surface area contributed by atoms with Crippen molar-refractivity contribution in [3.8, 4) is 5.75 Å². The van der Waals surface area contributed by atoms with Crippen molar-refractivity contribution in [1.82, 2.24) is 5.32 Å². The molecule has 1 heterocycles. The fourth-order valence-corrected chi connectivity index (χ4v) is 2.34. The van der Waals surface area contributed by atoms with Gasteiger partial charge in [-0.1, -0.05) is 18.2 Å². The number of para-hydroxylation sites is 1. The summed E-state index contributed by atoms with van der Waals surface area (Å²) < 4.78 is 15.6. The molecule has 1 amide bonds. The fourth-order valence-electron chi connectivity index (χ4n) is 2.34. The molecule has 1 aromatic carbocycles. The van der Waals surface area contributed by atoms with Crippen molar-refractivity contribution in [2.24, 2.45) is 0 Å². The molecule has 2 rings (SSSR count). The Morgan fingerprint density at radius 2 is 1.96 bits per heavy atom. The van der Waals surface area contributed by atoms with Crippen LogP contribution in [0.15, 0.2) is 30.3 Å². The van der Waals surface area contributed by atoms with E-state index in [-0.39, 0.29) is 0 Å². The topological polar surface area (TPSA) is 138 Å². The molecule has 1 aromatic rings. The van der Waals surface area contributed by atoms with E-state index in [0.29, 0.717) is 5.75 Å². The molecule has 9 nitrogen and oxygen atoms in total. The molecule has 0 aliphatic carbocycles. The molecule has 0 saturated carbocycles. The third-order valence-electron chi connectivity index (χ3n) is 3.48. The van der Waals surface area contributed by atoms with Crippen molar-refractivity contribution < 1.29 is 39.2 Å². The summed E-state index contributed by atoms with van der Waals surface area (Å²) in [6, 6.07) is 7.18. The SMILES string of the molecule is CC(=O)N[C@H]1C(OB(O)Oc2ccccc2)O[C@H](CO)[C@@H](O)[C@@H]1O. The average molecular weight is 341 g/mol. The number of amides is 1. The Morgan fingerprint density at radius 1 is 1.29 bits per heavy atom. The fraction of sp³-hybridized carbons (Fsp3) is 0.500. The van der Waals surface area contributed by atoms with Crippen LogP contribution in [0.4, 0.5) is 0 Å². The summed E-state index contributed by atoms with van der Waals surface area (Å²) in [5.41, 5.74) is 0. The van der Waals surface area contributed by atoms with Gasteiger partial charge in [0.25, 0.3) is 0 Å². The molecule has 0 bridgehead atoms. The Labute approximate surface area is 139 Å². The second-order valence-corrected chi connectivity index (χ2v) is 5.31. The zero-order valence-electron chi connectivity index (χ0n) is 13.0. The van der Waals surface area contributed by atoms with Crippen molar-refractivity contribution in [3.05, 3.63) is 30.3 Å². The number of aliphatic hydroxyl groups is 3. The smallest absolute Gasteiger partial charge is 0.512 e. The van der Waals surface area contributed by atoms with Gasteiger partial charge in [0.2, 0.25) is 5.91 Å². The predicted molar refractivity (Wildman–Crippen MR) is 81.5 cm³/mol. The van der Waals surface area contributed by atoms with E-state index < -0.39 is 50.5 Å². The van der Waals surface area contributed by atoms with Crippen LogP contribution in [0.1, 0.15) is 6.92 Å². The summed E-state index contributed by atoms with van der Waals surface area (Å²) in [6.07, 6.45) is -5.38. The van der Waals surface area contributed by atoms with Crippen molar-refractivity contribution in [2.75, 3.05) is 6.61 Å². The monoisotopic (exact) mass is 341 g/mol. The lowest BCUT2D eigenvalue weighted by Gasteiger charge is -2.42. The standard InChI is InChI=1S/C14H20BNO8/c1-8(18)16-11-13(20)12(19)10(7-17)22-14(11)24-15(21)23-9-5-3-2-4-6-9/h2-6,10-14,17,19-21H,7H2,1H3,(H,16,18)/t10-,11-,12-,13-,14?/m1/s1. The Hall–Kier alpha value is -1.69. The van der Waals surface area contributed by atoms with Crippen molar-refractivity contribution in [1.29, 1.82) is 0 Å². The van der Waals surface area contributed by atoms with Crippen LogP contribution >= 0.6 is 0 Å². The Balaban J connectivity index is 2.06. The first kappa shape index (κ1) is 18.7. The molecule has 5 N–H and O–H groups in total. The van der Waals surface area contributed by atoms with Gasteiger partial charge in [-0.05, 0) is 12.1 Å². The second-order valence-electron chi connectivity index (χ2n) is 5.31. The normalized spacial score (nSPS) is 29.8. The average Bonchev–Trinajstić information content (AvgIpc) is 2.55. The third-order valence-corrected chi connectivity index (χ3v) is 3.48. The molecule has 1 unspecified atom stereocenters. The van der Waals surface area contributed by atoms with Gasteiger partial charge in [-0.3, -0.25) is 4.79 Å². The van der Waals surface area contributed by atoms with Gasteiger partial charge in [-0.2, -0.15) is 0 Å². The molecule has 0 aromatic heterocycles. The first-order chi connectivity index (χ1) is 11.4. The molecule has 5 atom stereocenters. The number of ether oxygens (including phenoxy) is 1. The number of nitrogens with one attached hydrogen (secondary N) is 1. The van der Waals surface area contributed by atoms with Crippen LogP contribution in [-0.4, -0.2) is 70.8 Å². The van der Waals surface area contributed by atoms with E-state index in [1.165, 1.54) is 6.92 Å². The second kappa shape index (κ2) is 8.42. The zero-order valence-corrected chi connectivity index (χ0v) is 13.0. The first-order valence-electron chi connectivity index (χ1n) is 7.37. The minimum absolute atomic E-state index is 0.330. The number of rotatable bonds is 6. The van der Waals surface area contributed by atoms with E-state index in [1.54, 1.807) is 30.3 Å². The molecule has 0 spiro atoms. The Bertz CT molecular complexity index is 533. The summed E-state index contributed by atoms with van der Waals surface area (Å²) in [5.74, 6) is -0.166. The number of carbonyl (C=O) groups is 1. The van der Waals surface area contributed by atoms with E-state index in [0.717, 1.165) is 0 Å². The highest BCUT2D eigenvalue weighted by Crippen LogP contribution is 2.23. The highest BCUT2D eigenvalue weighted by Gasteiger charge is 2.47. The van der Waals surface area contributed by atoms with Gasteiger partial charge in [0.15, 0.2) is 6.29 Å². The first-order valence-corrected chi connectivity index (χ1v) is 7.37. The predicted octanol–water partition coefficient (Wildman–Crippen LogP) is -2.00. The quantitative estimate of drug-likeness (QED) is 0.375. The van der Waals surface area contributed by atoms with Crippen LogP contribution in [0, 0.1) is 0 Å². The van der Waals surface area contributed by atoms with Gasteiger partial charge >= 0.3 is 7.32 Å². The van der Waals surface area contributed by atoms with Crippen LogP contribution in [-0.2, 0) is 14.2 Å². The maximum absolute atomic E-state index is 11.3. The molecule has 132 valence electrons. The molecule has 24 heavy (non-hydrogen) atoms. The third kappa shape index (κ3) is 4.66. The van der Waals surface area contributed by atoms with Gasteiger partial charge in [-0.15, -0.1) is 0 Å². The number of carbonyl (C=O) groups excluding carboxylic acids is 1. The number of hydrogen-bond donors (Lipinski definition) is 5. The minimum atomic E-state index is -1.75. The highest BCUT2D eigenvalue weighted by atomic mass is 16.8. The summed E-state index contributed by atoms with van der Waals surface area (Å²) in [7, 11) is -1.75. The number of benzene rings is 1. The molecule has 10 heteroatoms. The minimum Gasteiger partial charge on any atom is -0.512 e. The van der Waals surface area contributed by atoms with Crippen LogP contribution in [0.3, 0.4) is 0 Å². The highest BCUT2D eigenvalue weighted by molar-refractivity contribution is 6.35. The molecular formula is C14H20BNO8. The molecule has 1 aliphatic rings. The number of aliphatic hydroxyl groups excluding tert-OH is 3. The maximum atomic E-state index is 11.3. The van der Waals surface area contributed by atoms with E-state index in [9.17, 15) is 25.1 Å². The molecule has 1 saturated heterocycles.